The van der Waals surface area contributed by atoms with E-state index < -0.39 is 5.91 Å². The van der Waals surface area contributed by atoms with Crippen LogP contribution >= 0.6 is 11.8 Å². The third-order valence-electron chi connectivity index (χ3n) is 3.76. The Morgan fingerprint density at radius 1 is 1.27 bits per heavy atom. The normalized spacial score (nSPS) is 16.6. The third-order valence-corrected chi connectivity index (χ3v) is 4.35. The van der Waals surface area contributed by atoms with E-state index in [1.807, 2.05) is 30.0 Å². The lowest BCUT2D eigenvalue weighted by atomic mass is 10.2. The molecule has 0 atom stereocenters. The predicted molar refractivity (Wildman–Crippen MR) is 91.2 cm³/mol. The number of benzene rings is 1. The highest BCUT2D eigenvalue weighted by Gasteiger charge is 2.16. The van der Waals surface area contributed by atoms with Gasteiger partial charge in [0, 0.05) is 45.0 Å². The molecule has 1 aliphatic rings. The first-order valence-electron chi connectivity index (χ1n) is 7.61. The van der Waals surface area contributed by atoms with Crippen molar-refractivity contribution in [3.8, 4) is 5.75 Å². The van der Waals surface area contributed by atoms with Gasteiger partial charge in [-0.3, -0.25) is 14.6 Å². The first-order chi connectivity index (χ1) is 10.7. The van der Waals surface area contributed by atoms with Crippen LogP contribution in [0.25, 0.3) is 0 Å². The molecule has 0 aromatic heterocycles. The Kier molecular flexibility index (Phi) is 7.02. The molecule has 1 aromatic carbocycles. The number of ether oxygens (including phenoxy) is 1. The van der Waals surface area contributed by atoms with Gasteiger partial charge in [-0.1, -0.05) is 12.1 Å². The smallest absolute Gasteiger partial charge is 0.255 e. The van der Waals surface area contributed by atoms with Gasteiger partial charge in [0.05, 0.1) is 0 Å². The first kappa shape index (κ1) is 17.1. The Bertz CT molecular complexity index is 476. The van der Waals surface area contributed by atoms with Crippen molar-refractivity contribution in [3.63, 3.8) is 0 Å². The van der Waals surface area contributed by atoms with Crippen LogP contribution in [0.1, 0.15) is 5.56 Å². The molecule has 1 fully saturated rings. The molecule has 0 spiro atoms. The second-order valence-electron chi connectivity index (χ2n) is 5.51. The molecular formula is C16H25N3O2S. The van der Waals surface area contributed by atoms with Crippen LogP contribution in [0.5, 0.6) is 5.75 Å². The molecule has 1 aliphatic heterocycles. The molecule has 2 N–H and O–H groups in total. The molecule has 0 unspecified atom stereocenters. The van der Waals surface area contributed by atoms with E-state index >= 15 is 0 Å². The van der Waals surface area contributed by atoms with Crippen LogP contribution < -0.4 is 10.5 Å². The zero-order valence-corrected chi connectivity index (χ0v) is 14.0. The summed E-state index contributed by atoms with van der Waals surface area (Å²) in [5, 5.41) is 0. The van der Waals surface area contributed by atoms with Crippen LogP contribution in [-0.4, -0.2) is 67.0 Å². The molecule has 0 aliphatic carbocycles. The van der Waals surface area contributed by atoms with Crippen LogP contribution in [-0.2, 0) is 11.3 Å². The van der Waals surface area contributed by atoms with E-state index in [1.165, 1.54) is 17.9 Å². The number of nitrogens with two attached hydrogens (primary N) is 1. The topological polar surface area (TPSA) is 58.8 Å². The number of rotatable bonds is 8. The average Bonchev–Trinajstić information content (AvgIpc) is 2.53. The summed E-state index contributed by atoms with van der Waals surface area (Å²) < 4.78 is 5.36. The third kappa shape index (κ3) is 5.87. The maximum absolute atomic E-state index is 10.8. The SMILES string of the molecule is CSCCN1CCN(Cc2cccc(OCC(N)=O)c2)CC1. The lowest BCUT2D eigenvalue weighted by molar-refractivity contribution is -0.119. The highest BCUT2D eigenvalue weighted by atomic mass is 32.2. The maximum atomic E-state index is 10.8. The van der Waals surface area contributed by atoms with Crippen molar-refractivity contribution in [1.29, 1.82) is 0 Å². The van der Waals surface area contributed by atoms with Crippen LogP contribution in [0, 0.1) is 0 Å². The number of hydrogen-bond acceptors (Lipinski definition) is 5. The molecule has 1 saturated heterocycles. The molecular weight excluding hydrogens is 298 g/mol. The summed E-state index contributed by atoms with van der Waals surface area (Å²) in [7, 11) is 0. The lowest BCUT2D eigenvalue weighted by Gasteiger charge is -2.34. The number of nitrogens with zero attached hydrogens (tertiary/aromatic N) is 2. The Morgan fingerprint density at radius 3 is 2.68 bits per heavy atom. The zero-order chi connectivity index (χ0) is 15.8. The summed E-state index contributed by atoms with van der Waals surface area (Å²) in [5.74, 6) is 1.46. The van der Waals surface area contributed by atoms with Gasteiger partial charge in [-0.15, -0.1) is 0 Å². The number of carbonyl (C=O) groups excluding carboxylic acids is 1. The monoisotopic (exact) mass is 323 g/mol. The Morgan fingerprint density at radius 2 is 2.00 bits per heavy atom. The summed E-state index contributed by atoms with van der Waals surface area (Å²) >= 11 is 1.90. The number of piperazine rings is 1. The van der Waals surface area contributed by atoms with Crippen molar-refractivity contribution < 1.29 is 9.53 Å². The van der Waals surface area contributed by atoms with E-state index in [9.17, 15) is 4.79 Å². The highest BCUT2D eigenvalue weighted by Crippen LogP contribution is 2.16. The van der Waals surface area contributed by atoms with Gasteiger partial charge in [0.1, 0.15) is 5.75 Å². The summed E-state index contributed by atoms with van der Waals surface area (Å²) in [6.45, 7) is 6.51. The maximum Gasteiger partial charge on any atom is 0.255 e. The molecule has 0 radical (unpaired) electrons. The van der Waals surface area contributed by atoms with E-state index in [4.69, 9.17) is 10.5 Å². The Labute approximate surface area is 136 Å². The Balaban J connectivity index is 1.79. The fraction of sp³-hybridized carbons (Fsp3) is 0.562. The number of carbonyl (C=O) groups is 1. The summed E-state index contributed by atoms with van der Waals surface area (Å²) in [6.07, 6.45) is 2.16. The van der Waals surface area contributed by atoms with Gasteiger partial charge in [-0.25, -0.2) is 0 Å². The zero-order valence-electron chi connectivity index (χ0n) is 13.2. The second kappa shape index (κ2) is 9.02. The lowest BCUT2D eigenvalue weighted by Crippen LogP contribution is -2.46. The van der Waals surface area contributed by atoms with E-state index in [0.717, 1.165) is 32.7 Å². The largest absolute Gasteiger partial charge is 0.484 e. The van der Waals surface area contributed by atoms with Crippen molar-refractivity contribution in [2.45, 2.75) is 6.54 Å². The summed E-state index contributed by atoms with van der Waals surface area (Å²) in [6, 6.07) is 7.90. The fourth-order valence-corrected chi connectivity index (χ4v) is 2.98. The molecule has 1 amide bonds. The quantitative estimate of drug-likeness (QED) is 0.774. The van der Waals surface area contributed by atoms with Gasteiger partial charge < -0.3 is 10.5 Å². The molecule has 2 rings (SSSR count). The van der Waals surface area contributed by atoms with E-state index in [-0.39, 0.29) is 6.61 Å². The molecule has 0 bridgehead atoms. The van der Waals surface area contributed by atoms with Gasteiger partial charge >= 0.3 is 0 Å². The van der Waals surface area contributed by atoms with Crippen molar-refractivity contribution in [3.05, 3.63) is 29.8 Å². The number of hydrogen-bond donors (Lipinski definition) is 1. The molecule has 0 saturated carbocycles. The summed E-state index contributed by atoms with van der Waals surface area (Å²) in [4.78, 5) is 15.8. The van der Waals surface area contributed by atoms with Crippen LogP contribution in [0.3, 0.4) is 0 Å². The molecule has 22 heavy (non-hydrogen) atoms. The van der Waals surface area contributed by atoms with Crippen molar-refractivity contribution in [2.75, 3.05) is 51.3 Å². The molecule has 6 heteroatoms. The van der Waals surface area contributed by atoms with Gasteiger partial charge in [-0.2, -0.15) is 11.8 Å². The minimum Gasteiger partial charge on any atom is -0.484 e. The molecule has 5 nitrogen and oxygen atoms in total. The molecule has 1 heterocycles. The van der Waals surface area contributed by atoms with Crippen LogP contribution in [0.2, 0.25) is 0 Å². The van der Waals surface area contributed by atoms with Crippen LogP contribution in [0.4, 0.5) is 0 Å². The van der Waals surface area contributed by atoms with Gasteiger partial charge in [-0.05, 0) is 24.0 Å². The van der Waals surface area contributed by atoms with E-state index in [1.54, 1.807) is 0 Å². The average molecular weight is 323 g/mol. The minimum atomic E-state index is -0.452. The van der Waals surface area contributed by atoms with Gasteiger partial charge in [0.25, 0.3) is 5.91 Å². The van der Waals surface area contributed by atoms with Gasteiger partial charge in [0.2, 0.25) is 0 Å². The standard InChI is InChI=1S/C16H25N3O2S/c1-22-10-9-18-5-7-19(8-6-18)12-14-3-2-4-15(11-14)21-13-16(17)20/h2-4,11H,5-10,12-13H2,1H3,(H2,17,20). The number of thioether (sulfide) groups is 1. The van der Waals surface area contributed by atoms with E-state index in [2.05, 4.69) is 22.1 Å². The van der Waals surface area contributed by atoms with Gasteiger partial charge in [0.15, 0.2) is 6.61 Å². The van der Waals surface area contributed by atoms with Crippen molar-refractivity contribution in [1.82, 2.24) is 9.80 Å². The highest BCUT2D eigenvalue weighted by molar-refractivity contribution is 7.98. The number of primary amides is 1. The second-order valence-corrected chi connectivity index (χ2v) is 6.50. The predicted octanol–water partition coefficient (Wildman–Crippen LogP) is 1.03. The number of amides is 1. The van der Waals surface area contributed by atoms with Crippen molar-refractivity contribution in [2.24, 2.45) is 5.73 Å². The first-order valence-corrected chi connectivity index (χ1v) is 9.00. The van der Waals surface area contributed by atoms with E-state index in [0.29, 0.717) is 5.75 Å². The fourth-order valence-electron chi connectivity index (χ4n) is 2.54. The summed E-state index contributed by atoms with van der Waals surface area (Å²) in [5.41, 5.74) is 6.31. The minimum absolute atomic E-state index is 0.0719. The van der Waals surface area contributed by atoms with Crippen molar-refractivity contribution >= 4 is 17.7 Å². The Hall–Kier alpha value is -1.24. The van der Waals surface area contributed by atoms with Crippen LogP contribution in [0.15, 0.2) is 24.3 Å². The molecule has 122 valence electrons. The molecule has 1 aromatic rings.